The van der Waals surface area contributed by atoms with Gasteiger partial charge in [0.05, 0.1) is 0 Å². The molecule has 0 radical (unpaired) electrons. The molecule has 22 heavy (non-hydrogen) atoms. The molecule has 0 N–H and O–H groups in total. The molecule has 1 aromatic rings. The number of likely N-dealkylation sites (N-methyl/N-ethyl adjacent to an activating group) is 1. The van der Waals surface area contributed by atoms with Gasteiger partial charge in [0, 0.05) is 18.5 Å². The van der Waals surface area contributed by atoms with Gasteiger partial charge in [0.1, 0.15) is 0 Å². The standard InChI is InChI=1S/C21H29N/c1-20(2,3)17-11-16-13-22(4)14-21(9-10-21)19(16)18(12-17)15-7-5-6-8-15/h7,11-12H,5-6,8-10,13-14H2,1-4H3. The zero-order valence-corrected chi connectivity index (χ0v) is 14.6. The molecule has 1 saturated carbocycles. The highest BCUT2D eigenvalue weighted by Gasteiger charge is 2.50. The molecule has 0 atom stereocenters. The topological polar surface area (TPSA) is 3.24 Å². The van der Waals surface area contributed by atoms with Gasteiger partial charge in [-0.3, -0.25) is 0 Å². The lowest BCUT2D eigenvalue weighted by Gasteiger charge is -2.36. The van der Waals surface area contributed by atoms with E-state index in [4.69, 9.17) is 0 Å². The number of hydrogen-bond acceptors (Lipinski definition) is 1. The largest absolute Gasteiger partial charge is 0.301 e. The van der Waals surface area contributed by atoms with Gasteiger partial charge in [-0.15, -0.1) is 0 Å². The summed E-state index contributed by atoms with van der Waals surface area (Å²) in [6, 6.07) is 5.06. The molecule has 1 aliphatic heterocycles. The van der Waals surface area contributed by atoms with E-state index < -0.39 is 0 Å². The first-order valence-corrected chi connectivity index (χ1v) is 8.95. The van der Waals surface area contributed by atoms with Crippen molar-refractivity contribution >= 4 is 5.57 Å². The highest BCUT2D eigenvalue weighted by Crippen LogP contribution is 2.55. The summed E-state index contributed by atoms with van der Waals surface area (Å²) >= 11 is 0. The summed E-state index contributed by atoms with van der Waals surface area (Å²) in [6.45, 7) is 9.43. The summed E-state index contributed by atoms with van der Waals surface area (Å²) in [7, 11) is 2.29. The van der Waals surface area contributed by atoms with Gasteiger partial charge in [0.2, 0.25) is 0 Å². The summed E-state index contributed by atoms with van der Waals surface area (Å²) < 4.78 is 0. The number of fused-ring (bicyclic) bond motifs is 2. The van der Waals surface area contributed by atoms with Gasteiger partial charge in [-0.2, -0.15) is 0 Å². The Hall–Kier alpha value is -1.08. The molecule has 1 heterocycles. The summed E-state index contributed by atoms with van der Waals surface area (Å²) in [5, 5.41) is 0. The average Bonchev–Trinajstić information content (AvgIpc) is 2.99. The number of hydrogen-bond donors (Lipinski definition) is 0. The van der Waals surface area contributed by atoms with Crippen molar-refractivity contribution in [3.8, 4) is 0 Å². The van der Waals surface area contributed by atoms with Gasteiger partial charge >= 0.3 is 0 Å². The van der Waals surface area contributed by atoms with E-state index in [9.17, 15) is 0 Å². The Morgan fingerprint density at radius 3 is 2.50 bits per heavy atom. The first-order valence-electron chi connectivity index (χ1n) is 8.95. The predicted octanol–water partition coefficient (Wildman–Crippen LogP) is 5.03. The first-order chi connectivity index (χ1) is 10.4. The van der Waals surface area contributed by atoms with Crippen molar-refractivity contribution in [3.63, 3.8) is 0 Å². The van der Waals surface area contributed by atoms with Crippen LogP contribution in [0.4, 0.5) is 0 Å². The van der Waals surface area contributed by atoms with Crippen LogP contribution in [0.5, 0.6) is 0 Å². The van der Waals surface area contributed by atoms with Gasteiger partial charge in [0.25, 0.3) is 0 Å². The van der Waals surface area contributed by atoms with Crippen LogP contribution in [-0.4, -0.2) is 18.5 Å². The summed E-state index contributed by atoms with van der Waals surface area (Å²) in [5.74, 6) is 0. The second-order valence-electron chi connectivity index (χ2n) is 8.88. The highest BCUT2D eigenvalue weighted by atomic mass is 15.1. The van der Waals surface area contributed by atoms with Gasteiger partial charge in [0.15, 0.2) is 0 Å². The third-order valence-electron chi connectivity index (χ3n) is 5.87. The van der Waals surface area contributed by atoms with E-state index in [0.717, 1.165) is 6.54 Å². The minimum atomic E-state index is 0.232. The normalized spacial score (nSPS) is 23.5. The van der Waals surface area contributed by atoms with Crippen molar-refractivity contribution in [3.05, 3.63) is 40.5 Å². The zero-order chi connectivity index (χ0) is 15.5. The Bertz CT molecular complexity index is 641. The average molecular weight is 295 g/mol. The molecular formula is C21H29N. The van der Waals surface area contributed by atoms with E-state index in [1.807, 2.05) is 0 Å². The van der Waals surface area contributed by atoms with Crippen LogP contribution >= 0.6 is 0 Å². The van der Waals surface area contributed by atoms with Gasteiger partial charge in [-0.25, -0.2) is 0 Å². The molecule has 1 fully saturated rings. The molecule has 1 heteroatoms. The lowest BCUT2D eigenvalue weighted by molar-refractivity contribution is 0.270. The molecule has 1 aromatic carbocycles. The van der Waals surface area contributed by atoms with E-state index in [2.05, 4.69) is 50.9 Å². The molecule has 0 amide bonds. The molecule has 3 aliphatic rings. The van der Waals surface area contributed by atoms with Crippen LogP contribution in [0.2, 0.25) is 0 Å². The maximum atomic E-state index is 2.54. The minimum absolute atomic E-state index is 0.232. The third kappa shape index (κ3) is 2.25. The fourth-order valence-electron chi connectivity index (χ4n) is 4.56. The molecule has 4 rings (SSSR count). The fraction of sp³-hybridized carbons (Fsp3) is 0.619. The van der Waals surface area contributed by atoms with Crippen molar-refractivity contribution in [1.29, 1.82) is 0 Å². The van der Waals surface area contributed by atoms with E-state index in [1.54, 1.807) is 22.3 Å². The molecule has 118 valence electrons. The van der Waals surface area contributed by atoms with Crippen molar-refractivity contribution in [2.24, 2.45) is 0 Å². The minimum Gasteiger partial charge on any atom is -0.301 e. The molecule has 0 bridgehead atoms. The Labute approximate surface area is 135 Å². The molecular weight excluding hydrogens is 266 g/mol. The first kappa shape index (κ1) is 14.5. The Kier molecular flexibility index (Phi) is 3.10. The number of nitrogens with zero attached hydrogens (tertiary/aromatic N) is 1. The zero-order valence-electron chi connectivity index (χ0n) is 14.6. The van der Waals surface area contributed by atoms with Crippen molar-refractivity contribution < 1.29 is 0 Å². The Balaban J connectivity index is 1.93. The Morgan fingerprint density at radius 2 is 1.91 bits per heavy atom. The molecule has 0 unspecified atom stereocenters. The van der Waals surface area contributed by atoms with Crippen molar-refractivity contribution in [1.82, 2.24) is 4.90 Å². The number of rotatable bonds is 1. The maximum Gasteiger partial charge on any atom is 0.0234 e. The van der Waals surface area contributed by atoms with Gasteiger partial charge in [-0.1, -0.05) is 39.0 Å². The molecule has 1 spiro atoms. The second-order valence-corrected chi connectivity index (χ2v) is 8.88. The van der Waals surface area contributed by atoms with E-state index in [0.29, 0.717) is 5.41 Å². The van der Waals surface area contributed by atoms with Crippen LogP contribution < -0.4 is 0 Å². The number of allylic oxidation sites excluding steroid dienone is 2. The third-order valence-corrected chi connectivity index (χ3v) is 5.87. The number of benzene rings is 1. The quantitative estimate of drug-likeness (QED) is 0.702. The highest BCUT2D eigenvalue weighted by molar-refractivity contribution is 5.74. The van der Waals surface area contributed by atoms with Crippen LogP contribution in [0, 0.1) is 0 Å². The van der Waals surface area contributed by atoms with Crippen LogP contribution in [0.25, 0.3) is 5.57 Å². The van der Waals surface area contributed by atoms with E-state index in [-0.39, 0.29) is 5.41 Å². The van der Waals surface area contributed by atoms with Crippen LogP contribution in [0.1, 0.15) is 75.1 Å². The SMILES string of the molecule is CN1Cc2cc(C(C)(C)C)cc(C3=CCCC3)c2C2(CC2)C1. The van der Waals surface area contributed by atoms with E-state index >= 15 is 0 Å². The fourth-order valence-corrected chi connectivity index (χ4v) is 4.56. The van der Waals surface area contributed by atoms with Crippen LogP contribution in [0.15, 0.2) is 18.2 Å². The van der Waals surface area contributed by atoms with Crippen molar-refractivity contribution in [2.45, 2.75) is 70.3 Å². The predicted molar refractivity (Wildman–Crippen MR) is 94.2 cm³/mol. The second kappa shape index (κ2) is 4.71. The van der Waals surface area contributed by atoms with E-state index in [1.165, 1.54) is 44.2 Å². The smallest absolute Gasteiger partial charge is 0.0234 e. The van der Waals surface area contributed by atoms with Crippen LogP contribution in [-0.2, 0) is 17.4 Å². The van der Waals surface area contributed by atoms with Crippen LogP contribution in [0.3, 0.4) is 0 Å². The summed E-state index contributed by atoms with van der Waals surface area (Å²) in [4.78, 5) is 2.54. The molecule has 2 aliphatic carbocycles. The summed E-state index contributed by atoms with van der Waals surface area (Å²) in [5.41, 5.74) is 8.82. The lowest BCUT2D eigenvalue weighted by Crippen LogP contribution is -2.36. The monoisotopic (exact) mass is 295 g/mol. The molecule has 0 aromatic heterocycles. The van der Waals surface area contributed by atoms with Crippen molar-refractivity contribution in [2.75, 3.05) is 13.6 Å². The molecule has 0 saturated heterocycles. The maximum absolute atomic E-state index is 2.54. The molecule has 1 nitrogen and oxygen atoms in total. The van der Waals surface area contributed by atoms with Gasteiger partial charge < -0.3 is 4.90 Å². The lowest BCUT2D eigenvalue weighted by atomic mass is 9.76. The summed E-state index contributed by atoms with van der Waals surface area (Å²) in [6.07, 6.45) is 9.19. The Morgan fingerprint density at radius 1 is 1.14 bits per heavy atom. The van der Waals surface area contributed by atoms with Gasteiger partial charge in [-0.05, 0) is 72.4 Å².